The number of rotatable bonds is 1. The largest absolute Gasteiger partial charge is 0.397 e. The van der Waals surface area contributed by atoms with Gasteiger partial charge in [0.25, 0.3) is 0 Å². The van der Waals surface area contributed by atoms with E-state index in [1.165, 1.54) is 5.56 Å². The Morgan fingerprint density at radius 3 is 2.42 bits per heavy atom. The third kappa shape index (κ3) is 2.91. The smallest absolute Gasteiger partial charge is 0.0533 e. The molecule has 0 radical (unpaired) electrons. The van der Waals surface area contributed by atoms with Crippen molar-refractivity contribution in [2.75, 3.05) is 5.73 Å². The number of hydrogen-bond donors (Lipinski definition) is 1. The van der Waals surface area contributed by atoms with Crippen LogP contribution in [-0.2, 0) is 6.42 Å². The minimum atomic E-state index is 0.799. The highest BCUT2D eigenvalue weighted by Gasteiger charge is 1.95. The van der Waals surface area contributed by atoms with Crippen molar-refractivity contribution in [3.63, 3.8) is 0 Å². The van der Waals surface area contributed by atoms with Crippen LogP contribution in [0.25, 0.3) is 0 Å². The van der Waals surface area contributed by atoms with E-state index in [0.29, 0.717) is 0 Å². The van der Waals surface area contributed by atoms with E-state index in [4.69, 9.17) is 5.73 Å². The fourth-order valence-electron chi connectivity index (χ4n) is 0.933. The van der Waals surface area contributed by atoms with Crippen LogP contribution in [0.1, 0.15) is 32.0 Å². The van der Waals surface area contributed by atoms with Crippen molar-refractivity contribution in [3.8, 4) is 0 Å². The van der Waals surface area contributed by atoms with Gasteiger partial charge in [0.05, 0.1) is 11.9 Å². The Kier molecular flexibility index (Phi) is 5.09. The van der Waals surface area contributed by atoms with Gasteiger partial charge in [-0.05, 0) is 25.0 Å². The first-order valence-corrected chi connectivity index (χ1v) is 4.45. The number of nitrogens with zero attached hydrogens (tertiary/aromatic N) is 1. The lowest BCUT2D eigenvalue weighted by Crippen LogP contribution is -1.94. The van der Waals surface area contributed by atoms with Crippen LogP contribution >= 0.6 is 0 Å². The lowest BCUT2D eigenvalue weighted by molar-refractivity contribution is 1.09. The zero-order chi connectivity index (χ0) is 9.56. The summed E-state index contributed by atoms with van der Waals surface area (Å²) in [5, 5.41) is 0. The van der Waals surface area contributed by atoms with Crippen LogP contribution in [0.2, 0.25) is 0 Å². The zero-order valence-electron chi connectivity index (χ0n) is 8.39. The van der Waals surface area contributed by atoms with Crippen molar-refractivity contribution in [1.82, 2.24) is 4.98 Å². The summed E-state index contributed by atoms with van der Waals surface area (Å²) in [7, 11) is 0. The van der Waals surface area contributed by atoms with Crippen molar-refractivity contribution in [2.24, 2.45) is 0 Å². The van der Waals surface area contributed by atoms with Crippen LogP contribution in [0.5, 0.6) is 0 Å². The standard InChI is InChI=1S/C8H12N2.C2H6/c1-3-7-4-6(2)10-5-8(7)9;1-2/h4-5H,3,9H2,1-2H3;1-2H3. The van der Waals surface area contributed by atoms with Gasteiger partial charge in [-0.25, -0.2) is 0 Å². The number of pyridine rings is 1. The molecular formula is C10H18N2. The fraction of sp³-hybridized carbons (Fsp3) is 0.500. The summed E-state index contributed by atoms with van der Waals surface area (Å²) in [5.74, 6) is 0. The van der Waals surface area contributed by atoms with E-state index in [2.05, 4.69) is 11.9 Å². The fourth-order valence-corrected chi connectivity index (χ4v) is 0.933. The third-order valence-electron chi connectivity index (χ3n) is 1.54. The Bertz CT molecular complexity index is 231. The van der Waals surface area contributed by atoms with Gasteiger partial charge in [-0.15, -0.1) is 0 Å². The van der Waals surface area contributed by atoms with Gasteiger partial charge >= 0.3 is 0 Å². The number of nitrogens with two attached hydrogens (primary N) is 1. The molecule has 0 spiro atoms. The molecule has 0 bridgehead atoms. The van der Waals surface area contributed by atoms with Crippen molar-refractivity contribution in [2.45, 2.75) is 34.1 Å². The van der Waals surface area contributed by atoms with Gasteiger partial charge in [0.15, 0.2) is 0 Å². The van der Waals surface area contributed by atoms with E-state index in [1.807, 2.05) is 26.8 Å². The summed E-state index contributed by atoms with van der Waals surface area (Å²) in [5.41, 5.74) is 8.66. The van der Waals surface area contributed by atoms with Crippen LogP contribution < -0.4 is 5.73 Å². The Labute approximate surface area is 74.8 Å². The molecule has 0 saturated carbocycles. The van der Waals surface area contributed by atoms with E-state index in [0.717, 1.165) is 17.8 Å². The SMILES string of the molecule is CC.CCc1cc(C)ncc1N. The molecule has 0 fully saturated rings. The topological polar surface area (TPSA) is 38.9 Å². The molecule has 0 aliphatic rings. The minimum Gasteiger partial charge on any atom is -0.397 e. The van der Waals surface area contributed by atoms with Gasteiger partial charge in [0.2, 0.25) is 0 Å². The number of hydrogen-bond acceptors (Lipinski definition) is 2. The molecule has 0 atom stereocenters. The summed E-state index contributed by atoms with van der Waals surface area (Å²) < 4.78 is 0. The number of anilines is 1. The summed E-state index contributed by atoms with van der Waals surface area (Å²) in [4.78, 5) is 4.06. The second-order valence-corrected chi connectivity index (χ2v) is 2.38. The van der Waals surface area contributed by atoms with Crippen molar-refractivity contribution in [1.29, 1.82) is 0 Å². The molecule has 2 nitrogen and oxygen atoms in total. The Morgan fingerprint density at radius 2 is 2.00 bits per heavy atom. The summed E-state index contributed by atoms with van der Waals surface area (Å²) in [6.07, 6.45) is 2.70. The molecule has 0 aromatic carbocycles. The van der Waals surface area contributed by atoms with E-state index >= 15 is 0 Å². The normalized spacial score (nSPS) is 8.67. The molecule has 12 heavy (non-hydrogen) atoms. The molecule has 0 aliphatic carbocycles. The molecule has 1 aromatic rings. The number of aromatic nitrogens is 1. The molecule has 0 aliphatic heterocycles. The van der Waals surface area contributed by atoms with Crippen molar-refractivity contribution < 1.29 is 0 Å². The molecule has 1 aromatic heterocycles. The van der Waals surface area contributed by atoms with E-state index in [9.17, 15) is 0 Å². The van der Waals surface area contributed by atoms with Crippen LogP contribution in [0.3, 0.4) is 0 Å². The lowest BCUT2D eigenvalue weighted by Gasteiger charge is -2.01. The van der Waals surface area contributed by atoms with Crippen LogP contribution in [0, 0.1) is 6.92 Å². The highest BCUT2D eigenvalue weighted by Crippen LogP contribution is 2.10. The number of nitrogen functional groups attached to an aromatic ring is 1. The Morgan fingerprint density at radius 1 is 1.42 bits per heavy atom. The summed E-state index contributed by atoms with van der Waals surface area (Å²) in [6, 6.07) is 2.02. The molecule has 0 saturated heterocycles. The molecule has 2 heteroatoms. The van der Waals surface area contributed by atoms with Crippen molar-refractivity contribution >= 4 is 5.69 Å². The van der Waals surface area contributed by atoms with Gasteiger partial charge in [-0.1, -0.05) is 20.8 Å². The van der Waals surface area contributed by atoms with E-state index < -0.39 is 0 Å². The average Bonchev–Trinajstić information content (AvgIpc) is 2.13. The Hall–Kier alpha value is -1.05. The zero-order valence-corrected chi connectivity index (χ0v) is 8.39. The lowest BCUT2D eigenvalue weighted by atomic mass is 10.1. The van der Waals surface area contributed by atoms with E-state index in [-0.39, 0.29) is 0 Å². The summed E-state index contributed by atoms with van der Waals surface area (Å²) >= 11 is 0. The predicted octanol–water partition coefficient (Wildman–Crippen LogP) is 2.56. The van der Waals surface area contributed by atoms with Gasteiger partial charge in [-0.2, -0.15) is 0 Å². The highest BCUT2D eigenvalue weighted by molar-refractivity contribution is 5.44. The first-order valence-electron chi connectivity index (χ1n) is 4.45. The third-order valence-corrected chi connectivity index (χ3v) is 1.54. The average molecular weight is 166 g/mol. The van der Waals surface area contributed by atoms with Gasteiger partial charge < -0.3 is 5.73 Å². The highest BCUT2D eigenvalue weighted by atomic mass is 14.7. The maximum Gasteiger partial charge on any atom is 0.0533 e. The van der Waals surface area contributed by atoms with Crippen LogP contribution in [0.4, 0.5) is 5.69 Å². The summed E-state index contributed by atoms with van der Waals surface area (Å²) in [6.45, 7) is 8.06. The molecule has 0 unspecified atom stereocenters. The predicted molar refractivity (Wildman–Crippen MR) is 54.1 cm³/mol. The molecule has 0 amide bonds. The maximum absolute atomic E-state index is 5.64. The van der Waals surface area contributed by atoms with Gasteiger partial charge in [0.1, 0.15) is 0 Å². The first kappa shape index (κ1) is 11.0. The van der Waals surface area contributed by atoms with Crippen LogP contribution in [0.15, 0.2) is 12.3 Å². The molecule has 1 rings (SSSR count). The quantitative estimate of drug-likeness (QED) is 0.696. The Balaban J connectivity index is 0.000000561. The monoisotopic (exact) mass is 166 g/mol. The van der Waals surface area contributed by atoms with Gasteiger partial charge in [0, 0.05) is 5.69 Å². The second-order valence-electron chi connectivity index (χ2n) is 2.38. The minimum absolute atomic E-state index is 0.799. The number of aryl methyl sites for hydroxylation is 2. The molecular weight excluding hydrogens is 148 g/mol. The van der Waals surface area contributed by atoms with Gasteiger partial charge in [-0.3, -0.25) is 4.98 Å². The van der Waals surface area contributed by atoms with E-state index in [1.54, 1.807) is 6.20 Å². The van der Waals surface area contributed by atoms with Crippen LogP contribution in [-0.4, -0.2) is 4.98 Å². The first-order chi connectivity index (χ1) is 5.74. The maximum atomic E-state index is 5.64. The second kappa shape index (κ2) is 5.58. The molecule has 2 N–H and O–H groups in total. The van der Waals surface area contributed by atoms with Crippen molar-refractivity contribution in [3.05, 3.63) is 23.5 Å². The molecule has 68 valence electrons. The molecule has 1 heterocycles.